The Hall–Kier alpha value is -1.63. The van der Waals surface area contributed by atoms with Crippen LogP contribution in [0.3, 0.4) is 0 Å². The second-order valence-corrected chi connectivity index (χ2v) is 3.33. The highest BCUT2D eigenvalue weighted by molar-refractivity contribution is 5.71. The van der Waals surface area contributed by atoms with E-state index in [0.29, 0.717) is 6.61 Å². The van der Waals surface area contributed by atoms with Crippen molar-refractivity contribution in [3.05, 3.63) is 24.2 Å². The van der Waals surface area contributed by atoms with Gasteiger partial charge in [0.25, 0.3) is 0 Å². The third-order valence-electron chi connectivity index (χ3n) is 2.18. The van der Waals surface area contributed by atoms with Crippen LogP contribution >= 0.6 is 0 Å². The van der Waals surface area contributed by atoms with Crippen LogP contribution in [0.25, 0.3) is 11.2 Å². The molecule has 0 spiro atoms. The molecule has 0 aliphatic rings. The van der Waals surface area contributed by atoms with Gasteiger partial charge in [-0.2, -0.15) is 13.2 Å². The molecule has 2 heterocycles. The lowest BCUT2D eigenvalue weighted by molar-refractivity contribution is -0.149. The van der Waals surface area contributed by atoms with Crippen LogP contribution in [-0.4, -0.2) is 21.1 Å². The molecule has 92 valence electrons. The molecular weight excluding hydrogens is 235 g/mol. The van der Waals surface area contributed by atoms with E-state index < -0.39 is 12.0 Å². The predicted molar refractivity (Wildman–Crippen MR) is 54.2 cm³/mol. The van der Waals surface area contributed by atoms with Crippen LogP contribution in [-0.2, 0) is 17.6 Å². The maximum atomic E-state index is 12.7. The van der Waals surface area contributed by atoms with Gasteiger partial charge in [0.1, 0.15) is 12.2 Å². The number of pyridine rings is 1. The highest BCUT2D eigenvalue weighted by Crippen LogP contribution is 2.30. The Labute approximate surface area is 95.0 Å². The van der Waals surface area contributed by atoms with Crippen LogP contribution in [0.15, 0.2) is 18.3 Å². The lowest BCUT2D eigenvalue weighted by Crippen LogP contribution is -2.16. The molecule has 0 saturated carbocycles. The number of imidazole rings is 1. The molecule has 0 atom stereocenters. The maximum absolute atomic E-state index is 12.7. The standard InChI is InChI=1S/C10H10F3N3O/c1-2-17-6-16-8-7(4-3-5-14-8)15-9(16)10(11,12)13/h3-5H,2,6H2,1H3. The van der Waals surface area contributed by atoms with Gasteiger partial charge >= 0.3 is 6.18 Å². The number of halogens is 3. The average molecular weight is 245 g/mol. The lowest BCUT2D eigenvalue weighted by atomic mass is 10.4. The first-order chi connectivity index (χ1) is 8.04. The molecule has 2 rings (SSSR count). The van der Waals surface area contributed by atoms with Crippen LogP contribution in [0.5, 0.6) is 0 Å². The van der Waals surface area contributed by atoms with Crippen molar-refractivity contribution < 1.29 is 17.9 Å². The summed E-state index contributed by atoms with van der Waals surface area (Å²) in [5.74, 6) is -0.986. The summed E-state index contributed by atoms with van der Waals surface area (Å²) < 4.78 is 44.2. The van der Waals surface area contributed by atoms with E-state index in [1.807, 2.05) is 0 Å². The van der Waals surface area contributed by atoms with E-state index in [0.717, 1.165) is 4.57 Å². The topological polar surface area (TPSA) is 39.9 Å². The molecular formula is C10H10F3N3O. The second kappa shape index (κ2) is 4.33. The van der Waals surface area contributed by atoms with E-state index in [1.165, 1.54) is 12.3 Å². The van der Waals surface area contributed by atoms with E-state index >= 15 is 0 Å². The van der Waals surface area contributed by atoms with Crippen LogP contribution in [0.4, 0.5) is 13.2 Å². The van der Waals surface area contributed by atoms with Gasteiger partial charge in [0, 0.05) is 12.8 Å². The zero-order valence-corrected chi connectivity index (χ0v) is 9.03. The van der Waals surface area contributed by atoms with Crippen LogP contribution in [0.2, 0.25) is 0 Å². The van der Waals surface area contributed by atoms with Crippen molar-refractivity contribution in [3.63, 3.8) is 0 Å². The molecule has 2 aromatic rings. The molecule has 0 radical (unpaired) electrons. The SMILES string of the molecule is CCOCn1c(C(F)(F)F)nc2cccnc21. The summed E-state index contributed by atoms with van der Waals surface area (Å²) in [4.78, 5) is 7.42. The van der Waals surface area contributed by atoms with Crippen molar-refractivity contribution in [2.24, 2.45) is 0 Å². The highest BCUT2D eigenvalue weighted by Gasteiger charge is 2.37. The minimum atomic E-state index is -4.52. The normalized spacial score (nSPS) is 12.2. The van der Waals surface area contributed by atoms with Crippen LogP contribution in [0, 0.1) is 0 Å². The first-order valence-electron chi connectivity index (χ1n) is 5.00. The van der Waals surface area contributed by atoms with Gasteiger partial charge in [0.15, 0.2) is 5.65 Å². The fourth-order valence-electron chi connectivity index (χ4n) is 1.48. The summed E-state index contributed by atoms with van der Waals surface area (Å²) in [6, 6.07) is 3.03. The Morgan fingerprint density at radius 1 is 1.41 bits per heavy atom. The van der Waals surface area contributed by atoms with E-state index in [2.05, 4.69) is 9.97 Å². The molecule has 0 unspecified atom stereocenters. The molecule has 0 aromatic carbocycles. The monoisotopic (exact) mass is 245 g/mol. The van der Waals surface area contributed by atoms with Crippen molar-refractivity contribution in [2.75, 3.05) is 6.61 Å². The van der Waals surface area contributed by atoms with Gasteiger partial charge in [0.2, 0.25) is 5.82 Å². The predicted octanol–water partition coefficient (Wildman–Crippen LogP) is 2.44. The molecule has 17 heavy (non-hydrogen) atoms. The Kier molecular flexibility index (Phi) is 3.01. The van der Waals surface area contributed by atoms with Crippen molar-refractivity contribution in [1.82, 2.24) is 14.5 Å². The van der Waals surface area contributed by atoms with Gasteiger partial charge in [-0.3, -0.25) is 4.57 Å². The van der Waals surface area contributed by atoms with Gasteiger partial charge in [-0.15, -0.1) is 0 Å². The van der Waals surface area contributed by atoms with E-state index in [9.17, 15) is 13.2 Å². The van der Waals surface area contributed by atoms with Crippen molar-refractivity contribution in [1.29, 1.82) is 0 Å². The molecule has 0 aliphatic carbocycles. The largest absolute Gasteiger partial charge is 0.449 e. The third kappa shape index (κ3) is 2.23. The average Bonchev–Trinajstić information content (AvgIpc) is 2.65. The lowest BCUT2D eigenvalue weighted by Gasteiger charge is -2.10. The Bertz CT molecular complexity index is 521. The van der Waals surface area contributed by atoms with Gasteiger partial charge in [-0.05, 0) is 19.1 Å². The van der Waals surface area contributed by atoms with Crippen LogP contribution in [0.1, 0.15) is 12.7 Å². The first kappa shape index (κ1) is 11.8. The molecule has 4 nitrogen and oxygen atoms in total. The molecule has 2 aromatic heterocycles. The fraction of sp³-hybridized carbons (Fsp3) is 0.400. The number of rotatable bonds is 3. The molecule has 0 amide bonds. The number of nitrogens with zero attached hydrogens (tertiary/aromatic N) is 3. The fourth-order valence-corrected chi connectivity index (χ4v) is 1.48. The number of hydrogen-bond donors (Lipinski definition) is 0. The Balaban J connectivity index is 2.57. The van der Waals surface area contributed by atoms with E-state index in [1.54, 1.807) is 13.0 Å². The molecule has 0 fully saturated rings. The summed E-state index contributed by atoms with van der Waals surface area (Å²) >= 11 is 0. The number of aromatic nitrogens is 3. The van der Waals surface area contributed by atoms with Crippen LogP contribution < -0.4 is 0 Å². The number of alkyl halides is 3. The van der Waals surface area contributed by atoms with Crippen molar-refractivity contribution in [2.45, 2.75) is 19.8 Å². The number of ether oxygens (including phenoxy) is 1. The van der Waals surface area contributed by atoms with Gasteiger partial charge in [-0.25, -0.2) is 9.97 Å². The minimum Gasteiger partial charge on any atom is -0.361 e. The Morgan fingerprint density at radius 3 is 2.82 bits per heavy atom. The summed E-state index contributed by atoms with van der Waals surface area (Å²) in [6.45, 7) is 1.82. The zero-order valence-electron chi connectivity index (χ0n) is 9.03. The summed E-state index contributed by atoms with van der Waals surface area (Å²) in [6.07, 6.45) is -3.09. The summed E-state index contributed by atoms with van der Waals surface area (Å²) in [5, 5.41) is 0. The summed E-state index contributed by atoms with van der Waals surface area (Å²) in [7, 11) is 0. The summed E-state index contributed by atoms with van der Waals surface area (Å²) in [5.41, 5.74) is 0.382. The molecule has 0 N–H and O–H groups in total. The maximum Gasteiger partial charge on any atom is 0.449 e. The number of hydrogen-bond acceptors (Lipinski definition) is 3. The van der Waals surface area contributed by atoms with Gasteiger partial charge in [0.05, 0.1) is 0 Å². The van der Waals surface area contributed by atoms with Crippen molar-refractivity contribution in [3.8, 4) is 0 Å². The zero-order chi connectivity index (χ0) is 12.5. The molecule has 0 bridgehead atoms. The smallest absolute Gasteiger partial charge is 0.361 e. The molecule has 0 aliphatic heterocycles. The van der Waals surface area contributed by atoms with E-state index in [-0.39, 0.29) is 17.9 Å². The minimum absolute atomic E-state index is 0.174. The van der Waals surface area contributed by atoms with E-state index in [4.69, 9.17) is 4.74 Å². The third-order valence-corrected chi connectivity index (χ3v) is 2.18. The second-order valence-electron chi connectivity index (χ2n) is 3.33. The van der Waals surface area contributed by atoms with Gasteiger partial charge < -0.3 is 4.74 Å². The Morgan fingerprint density at radius 2 is 2.18 bits per heavy atom. The quantitative estimate of drug-likeness (QED) is 0.833. The molecule has 7 heteroatoms. The number of fused-ring (bicyclic) bond motifs is 1. The van der Waals surface area contributed by atoms with Crippen molar-refractivity contribution >= 4 is 11.2 Å². The first-order valence-corrected chi connectivity index (χ1v) is 5.00. The highest BCUT2D eigenvalue weighted by atomic mass is 19.4. The van der Waals surface area contributed by atoms with Gasteiger partial charge in [-0.1, -0.05) is 0 Å². The molecule has 0 saturated heterocycles.